The van der Waals surface area contributed by atoms with Crippen molar-refractivity contribution in [3.05, 3.63) is 30.5 Å². The van der Waals surface area contributed by atoms with Gasteiger partial charge >= 0.3 is 6.09 Å². The SMILES string of the molecule is CC(C)(C)OC(=O)N1CCN(c2cccc3cc[nH]c23)C(=O)C1. The van der Waals surface area contributed by atoms with Crippen LogP contribution in [0.25, 0.3) is 10.9 Å². The lowest BCUT2D eigenvalue weighted by molar-refractivity contribution is -0.121. The molecule has 6 nitrogen and oxygen atoms in total. The van der Waals surface area contributed by atoms with Crippen LogP contribution in [0.2, 0.25) is 0 Å². The Balaban J connectivity index is 1.76. The third-order valence-electron chi connectivity index (χ3n) is 3.73. The van der Waals surface area contributed by atoms with Crippen LogP contribution in [0.1, 0.15) is 20.8 Å². The molecule has 122 valence electrons. The zero-order valence-corrected chi connectivity index (χ0v) is 13.6. The number of nitrogens with zero attached hydrogens (tertiary/aromatic N) is 2. The first-order valence-corrected chi connectivity index (χ1v) is 7.69. The number of aromatic amines is 1. The highest BCUT2D eigenvalue weighted by atomic mass is 16.6. The number of nitrogens with one attached hydrogen (secondary N) is 1. The third kappa shape index (κ3) is 3.16. The van der Waals surface area contributed by atoms with Crippen molar-refractivity contribution in [3.63, 3.8) is 0 Å². The van der Waals surface area contributed by atoms with Gasteiger partial charge in [-0.15, -0.1) is 0 Å². The third-order valence-corrected chi connectivity index (χ3v) is 3.73. The Bertz CT molecular complexity index is 745. The summed E-state index contributed by atoms with van der Waals surface area (Å²) in [7, 11) is 0. The van der Waals surface area contributed by atoms with Crippen molar-refractivity contribution in [3.8, 4) is 0 Å². The lowest BCUT2D eigenvalue weighted by atomic mass is 10.2. The van der Waals surface area contributed by atoms with Crippen LogP contribution in [-0.4, -0.2) is 47.1 Å². The lowest BCUT2D eigenvalue weighted by Gasteiger charge is -2.35. The van der Waals surface area contributed by atoms with E-state index in [1.54, 1.807) is 4.90 Å². The Labute approximate surface area is 135 Å². The van der Waals surface area contributed by atoms with Crippen molar-refractivity contribution in [1.82, 2.24) is 9.88 Å². The minimum atomic E-state index is -0.562. The molecule has 1 aliphatic rings. The number of hydrogen-bond acceptors (Lipinski definition) is 3. The van der Waals surface area contributed by atoms with Crippen molar-refractivity contribution in [2.75, 3.05) is 24.5 Å². The molecule has 0 atom stereocenters. The second-order valence-electron chi connectivity index (χ2n) is 6.67. The van der Waals surface area contributed by atoms with Gasteiger partial charge in [0.2, 0.25) is 5.91 Å². The van der Waals surface area contributed by atoms with E-state index in [9.17, 15) is 9.59 Å². The topological polar surface area (TPSA) is 65.6 Å². The Kier molecular flexibility index (Phi) is 3.75. The van der Waals surface area contributed by atoms with Gasteiger partial charge in [-0.3, -0.25) is 9.69 Å². The molecule has 1 aliphatic heterocycles. The summed E-state index contributed by atoms with van der Waals surface area (Å²) >= 11 is 0. The van der Waals surface area contributed by atoms with Gasteiger partial charge in [-0.2, -0.15) is 0 Å². The van der Waals surface area contributed by atoms with Crippen LogP contribution in [-0.2, 0) is 9.53 Å². The number of piperazine rings is 1. The maximum absolute atomic E-state index is 12.5. The number of rotatable bonds is 1. The highest BCUT2D eigenvalue weighted by Crippen LogP contribution is 2.27. The quantitative estimate of drug-likeness (QED) is 0.880. The van der Waals surface area contributed by atoms with E-state index in [4.69, 9.17) is 4.74 Å². The molecule has 3 rings (SSSR count). The van der Waals surface area contributed by atoms with Crippen LogP contribution in [0.3, 0.4) is 0 Å². The Morgan fingerprint density at radius 1 is 1.22 bits per heavy atom. The summed E-state index contributed by atoms with van der Waals surface area (Å²) in [5, 5.41) is 1.06. The zero-order chi connectivity index (χ0) is 16.6. The number of carbonyl (C=O) groups is 2. The predicted octanol–water partition coefficient (Wildman–Crippen LogP) is 2.75. The normalized spacial score (nSPS) is 16.0. The van der Waals surface area contributed by atoms with Crippen LogP contribution in [0.15, 0.2) is 30.5 Å². The van der Waals surface area contributed by atoms with Gasteiger partial charge in [0, 0.05) is 24.7 Å². The molecule has 1 N–H and O–H groups in total. The lowest BCUT2D eigenvalue weighted by Crippen LogP contribution is -2.53. The largest absolute Gasteiger partial charge is 0.444 e. The minimum absolute atomic E-state index is 0.0337. The Morgan fingerprint density at radius 2 is 2.00 bits per heavy atom. The first kappa shape index (κ1) is 15.4. The number of anilines is 1. The molecule has 23 heavy (non-hydrogen) atoms. The van der Waals surface area contributed by atoms with Gasteiger partial charge in [-0.1, -0.05) is 12.1 Å². The number of fused-ring (bicyclic) bond motifs is 1. The van der Waals surface area contributed by atoms with Gasteiger partial charge in [0.05, 0.1) is 11.2 Å². The first-order valence-electron chi connectivity index (χ1n) is 7.69. The molecule has 0 bridgehead atoms. The number of ether oxygens (including phenoxy) is 1. The summed E-state index contributed by atoms with van der Waals surface area (Å²) in [6.45, 7) is 6.39. The molecule has 2 heterocycles. The average molecular weight is 315 g/mol. The van der Waals surface area contributed by atoms with Crippen molar-refractivity contribution in [1.29, 1.82) is 0 Å². The number of aromatic nitrogens is 1. The molecular formula is C17H21N3O3. The number of carbonyl (C=O) groups excluding carboxylic acids is 2. The molecule has 0 saturated carbocycles. The van der Waals surface area contributed by atoms with Crippen molar-refractivity contribution in [2.24, 2.45) is 0 Å². The van der Waals surface area contributed by atoms with Crippen molar-refractivity contribution in [2.45, 2.75) is 26.4 Å². The molecule has 0 unspecified atom stereocenters. The van der Waals surface area contributed by atoms with Crippen LogP contribution in [0.5, 0.6) is 0 Å². The van der Waals surface area contributed by atoms with E-state index in [-0.39, 0.29) is 12.5 Å². The maximum Gasteiger partial charge on any atom is 0.410 e. The second-order valence-corrected chi connectivity index (χ2v) is 6.67. The smallest absolute Gasteiger partial charge is 0.410 e. The van der Waals surface area contributed by atoms with E-state index >= 15 is 0 Å². The number of amides is 2. The highest BCUT2D eigenvalue weighted by Gasteiger charge is 2.31. The van der Waals surface area contributed by atoms with E-state index in [0.29, 0.717) is 13.1 Å². The van der Waals surface area contributed by atoms with E-state index < -0.39 is 11.7 Å². The monoisotopic (exact) mass is 315 g/mol. The van der Waals surface area contributed by atoms with Gasteiger partial charge in [0.25, 0.3) is 0 Å². The van der Waals surface area contributed by atoms with Crippen LogP contribution < -0.4 is 4.90 Å². The number of H-pyrrole nitrogens is 1. The van der Waals surface area contributed by atoms with E-state index in [1.165, 1.54) is 4.90 Å². The average Bonchev–Trinajstić information content (AvgIpc) is 2.94. The van der Waals surface area contributed by atoms with Crippen molar-refractivity contribution >= 4 is 28.6 Å². The fourth-order valence-corrected chi connectivity index (χ4v) is 2.70. The summed E-state index contributed by atoms with van der Waals surface area (Å²) in [6, 6.07) is 7.82. The Morgan fingerprint density at radius 3 is 2.70 bits per heavy atom. The number of hydrogen-bond donors (Lipinski definition) is 1. The Hall–Kier alpha value is -2.50. The number of para-hydroxylation sites is 1. The summed E-state index contributed by atoms with van der Waals surface area (Å²) < 4.78 is 5.33. The fraction of sp³-hybridized carbons (Fsp3) is 0.412. The predicted molar refractivity (Wildman–Crippen MR) is 88.5 cm³/mol. The molecule has 6 heteroatoms. The van der Waals surface area contributed by atoms with Gasteiger partial charge in [-0.25, -0.2) is 4.79 Å². The standard InChI is InChI=1S/C17H21N3O3/c1-17(2,3)23-16(22)19-9-10-20(14(21)11-19)13-6-4-5-12-7-8-18-15(12)13/h4-8,18H,9-11H2,1-3H3. The fourth-order valence-electron chi connectivity index (χ4n) is 2.70. The molecule has 1 aromatic heterocycles. The van der Waals surface area contributed by atoms with Crippen LogP contribution in [0, 0.1) is 0 Å². The molecule has 1 fully saturated rings. The van der Waals surface area contributed by atoms with E-state index in [0.717, 1.165) is 16.6 Å². The summed E-state index contributed by atoms with van der Waals surface area (Å²) in [5.41, 5.74) is 1.22. The minimum Gasteiger partial charge on any atom is -0.444 e. The molecule has 1 aromatic carbocycles. The molecule has 1 saturated heterocycles. The zero-order valence-electron chi connectivity index (χ0n) is 13.6. The summed E-state index contributed by atoms with van der Waals surface area (Å²) in [6.07, 6.45) is 1.42. The summed E-state index contributed by atoms with van der Waals surface area (Å²) in [4.78, 5) is 31.0. The molecule has 2 aromatic rings. The van der Waals surface area contributed by atoms with Crippen LogP contribution in [0.4, 0.5) is 10.5 Å². The molecule has 0 spiro atoms. The maximum atomic E-state index is 12.5. The first-order chi connectivity index (χ1) is 10.8. The van der Waals surface area contributed by atoms with E-state index in [2.05, 4.69) is 4.98 Å². The number of benzene rings is 1. The van der Waals surface area contributed by atoms with Gasteiger partial charge in [-0.05, 0) is 32.9 Å². The van der Waals surface area contributed by atoms with Gasteiger partial charge in [0.15, 0.2) is 0 Å². The van der Waals surface area contributed by atoms with Gasteiger partial charge < -0.3 is 14.6 Å². The summed E-state index contributed by atoms with van der Waals surface area (Å²) in [5.74, 6) is -0.107. The van der Waals surface area contributed by atoms with E-state index in [1.807, 2.05) is 51.2 Å². The molecular weight excluding hydrogens is 294 g/mol. The molecule has 0 aliphatic carbocycles. The van der Waals surface area contributed by atoms with Gasteiger partial charge in [0.1, 0.15) is 12.1 Å². The molecule has 2 amide bonds. The van der Waals surface area contributed by atoms with Crippen LogP contribution >= 0.6 is 0 Å². The van der Waals surface area contributed by atoms with Crippen molar-refractivity contribution < 1.29 is 14.3 Å². The highest BCUT2D eigenvalue weighted by molar-refractivity contribution is 6.04. The second kappa shape index (κ2) is 5.61. The molecule has 0 radical (unpaired) electrons.